The van der Waals surface area contributed by atoms with Crippen molar-refractivity contribution in [2.45, 2.75) is 31.6 Å². The third kappa shape index (κ3) is 8.47. The van der Waals surface area contributed by atoms with Gasteiger partial charge in [-0.2, -0.15) is 0 Å². The number of aromatic hydroxyl groups is 1. The van der Waals surface area contributed by atoms with E-state index in [0.29, 0.717) is 9.13 Å². The summed E-state index contributed by atoms with van der Waals surface area (Å²) >= 11 is 1.93. The summed E-state index contributed by atoms with van der Waals surface area (Å²) in [5.74, 6) is -3.37. The SMILES string of the molecule is C[C@H]([NH3+])P(=O)(O)C[C@H](Cc1ccccc1)C(=O)N[C@@H](Cc1ccc(O)c([125I])c1)C(=O)O.[Br-]. The fraction of sp³-hybridized carbons (Fsp3) is 0.333. The van der Waals surface area contributed by atoms with Crippen molar-refractivity contribution in [1.82, 2.24) is 5.32 Å². The summed E-state index contributed by atoms with van der Waals surface area (Å²) in [6.45, 7) is 1.52. The van der Waals surface area contributed by atoms with Crippen LogP contribution in [-0.4, -0.2) is 45.0 Å². The molecule has 0 aliphatic rings. The molecule has 0 fully saturated rings. The maximum Gasteiger partial charge on any atom is 0.326 e. The van der Waals surface area contributed by atoms with Gasteiger partial charge < -0.3 is 43.1 Å². The minimum absolute atomic E-state index is 0. The van der Waals surface area contributed by atoms with Gasteiger partial charge in [-0.25, -0.2) is 4.79 Å². The Morgan fingerprint density at radius 1 is 1.12 bits per heavy atom. The highest BCUT2D eigenvalue weighted by Gasteiger charge is 2.35. The lowest BCUT2D eigenvalue weighted by Gasteiger charge is -2.23. The third-order valence-electron chi connectivity index (χ3n) is 4.93. The van der Waals surface area contributed by atoms with E-state index < -0.39 is 37.0 Å². The number of phenols is 1. The summed E-state index contributed by atoms with van der Waals surface area (Å²) in [6.07, 6.45) is -0.0762. The average molecular weight is 639 g/mol. The lowest BCUT2D eigenvalue weighted by Crippen LogP contribution is -3.00. The molecule has 0 spiro atoms. The number of carbonyl (C=O) groups is 2. The molecular formula is C21H27BrIN2O6P. The number of amides is 1. The lowest BCUT2D eigenvalue weighted by molar-refractivity contribution is -0.385. The second-order valence-corrected chi connectivity index (χ2v) is 11.5. The molecule has 0 aliphatic heterocycles. The minimum Gasteiger partial charge on any atom is -1.00 e. The van der Waals surface area contributed by atoms with Crippen molar-refractivity contribution in [3.8, 4) is 5.75 Å². The van der Waals surface area contributed by atoms with Crippen molar-refractivity contribution in [3.63, 3.8) is 0 Å². The van der Waals surface area contributed by atoms with Crippen LogP contribution in [0.1, 0.15) is 18.1 Å². The van der Waals surface area contributed by atoms with Crippen molar-refractivity contribution in [2.75, 3.05) is 6.16 Å². The molecule has 1 unspecified atom stereocenters. The van der Waals surface area contributed by atoms with Crippen molar-refractivity contribution >= 4 is 41.8 Å². The number of aliphatic carboxylic acids is 1. The first kappa shape index (κ1) is 28.6. The van der Waals surface area contributed by atoms with Crippen LogP contribution in [0.25, 0.3) is 0 Å². The molecule has 1 amide bonds. The number of nitrogens with one attached hydrogen (secondary N) is 1. The number of carboxylic acid groups (broad SMARTS) is 1. The molecular weight excluding hydrogens is 612 g/mol. The van der Waals surface area contributed by atoms with Gasteiger partial charge in [0, 0.05) is 12.6 Å². The molecule has 0 bridgehead atoms. The Kier molecular flexibility index (Phi) is 11.3. The number of hydrogen-bond donors (Lipinski definition) is 5. The summed E-state index contributed by atoms with van der Waals surface area (Å²) in [5, 5.41) is 21.8. The first-order chi connectivity index (χ1) is 14.5. The molecule has 2 aromatic carbocycles. The maximum atomic E-state index is 13.0. The topological polar surface area (TPSA) is 152 Å². The van der Waals surface area contributed by atoms with E-state index >= 15 is 0 Å². The summed E-state index contributed by atoms with van der Waals surface area (Å²) in [5.41, 5.74) is 5.07. The molecule has 0 saturated carbocycles. The summed E-state index contributed by atoms with van der Waals surface area (Å²) in [6, 6.07) is 12.5. The molecule has 0 aromatic heterocycles. The maximum absolute atomic E-state index is 13.0. The van der Waals surface area contributed by atoms with Gasteiger partial charge in [-0.05, 0) is 59.2 Å². The second-order valence-electron chi connectivity index (χ2n) is 7.56. The van der Waals surface area contributed by atoms with E-state index in [1.54, 1.807) is 24.3 Å². The molecule has 2 aromatic rings. The van der Waals surface area contributed by atoms with Crippen LogP contribution < -0.4 is 28.0 Å². The Labute approximate surface area is 211 Å². The molecule has 0 saturated heterocycles. The van der Waals surface area contributed by atoms with Gasteiger partial charge in [-0.15, -0.1) is 0 Å². The second kappa shape index (κ2) is 12.7. The van der Waals surface area contributed by atoms with E-state index in [1.807, 2.05) is 40.8 Å². The van der Waals surface area contributed by atoms with Crippen molar-refractivity contribution in [2.24, 2.45) is 5.92 Å². The number of carbonyl (C=O) groups excluding carboxylic acids is 1. The monoisotopic (exact) mass is 638 g/mol. The standard InChI is InChI=1S/C21H26IN2O6P.BrH/c1-13(23)31(29,30)12-16(9-14-5-3-2-4-6-14)20(26)24-18(21(27)28)11-15-7-8-19(25)17(22)10-15;/h2-8,10,13,16,18,25H,9,11-12,23H2,1H3,(H,24,26)(H,27,28)(H,29,30);1H/t13-,16+,18+;/m1./s1/i22-2;. The Balaban J connectivity index is 0.00000512. The number of phenolic OH excluding ortho intramolecular Hbond substituents is 1. The zero-order valence-corrected chi connectivity index (χ0v) is 22.1. The summed E-state index contributed by atoms with van der Waals surface area (Å²) in [7, 11) is -3.71. The predicted octanol–water partition coefficient (Wildman–Crippen LogP) is -1.17. The Bertz CT molecular complexity index is 976. The molecule has 4 atom stereocenters. The Morgan fingerprint density at radius 3 is 2.28 bits per heavy atom. The van der Waals surface area contributed by atoms with Gasteiger partial charge in [0.1, 0.15) is 11.8 Å². The first-order valence-corrected chi connectivity index (χ1v) is 12.7. The van der Waals surface area contributed by atoms with Gasteiger partial charge in [0.05, 0.1) is 9.49 Å². The summed E-state index contributed by atoms with van der Waals surface area (Å²) in [4.78, 5) is 35.1. The molecule has 7 N–H and O–H groups in total. The molecule has 0 heterocycles. The van der Waals surface area contributed by atoms with E-state index in [9.17, 15) is 29.3 Å². The highest BCUT2D eigenvalue weighted by molar-refractivity contribution is 14.1. The number of benzene rings is 2. The fourth-order valence-corrected chi connectivity index (χ4v) is 4.90. The smallest absolute Gasteiger partial charge is 0.326 e. The fourth-order valence-electron chi connectivity index (χ4n) is 3.04. The first-order valence-electron chi connectivity index (χ1n) is 9.68. The van der Waals surface area contributed by atoms with Crippen LogP contribution >= 0.6 is 30.0 Å². The van der Waals surface area contributed by atoms with E-state index in [2.05, 4.69) is 11.1 Å². The lowest BCUT2D eigenvalue weighted by atomic mass is 9.99. The number of carboxylic acids is 1. The van der Waals surface area contributed by atoms with Gasteiger partial charge >= 0.3 is 5.97 Å². The van der Waals surface area contributed by atoms with E-state index in [4.69, 9.17) is 0 Å². The summed E-state index contributed by atoms with van der Waals surface area (Å²) < 4.78 is 13.1. The van der Waals surface area contributed by atoms with Crippen LogP contribution in [0.4, 0.5) is 0 Å². The number of hydrogen-bond acceptors (Lipinski definition) is 4. The number of rotatable bonds is 10. The van der Waals surface area contributed by atoms with E-state index in [1.165, 1.54) is 13.0 Å². The van der Waals surface area contributed by atoms with Gasteiger partial charge in [0.15, 0.2) is 5.78 Å². The van der Waals surface area contributed by atoms with Crippen molar-refractivity contribution < 1.29 is 52.0 Å². The predicted molar refractivity (Wildman–Crippen MR) is 125 cm³/mol. The van der Waals surface area contributed by atoms with Crippen molar-refractivity contribution in [3.05, 3.63) is 63.2 Å². The van der Waals surface area contributed by atoms with Crippen LogP contribution in [0.5, 0.6) is 5.75 Å². The molecule has 0 radical (unpaired) electrons. The third-order valence-corrected chi connectivity index (χ3v) is 8.14. The Morgan fingerprint density at radius 2 is 1.75 bits per heavy atom. The Hall–Kier alpha value is -1.46. The highest BCUT2D eigenvalue weighted by atomic mass is 125. The van der Waals surface area contributed by atoms with Gasteiger partial charge in [-0.1, -0.05) is 36.4 Å². The highest BCUT2D eigenvalue weighted by Crippen LogP contribution is 2.45. The largest absolute Gasteiger partial charge is 1.00 e. The molecule has 8 nitrogen and oxygen atoms in total. The van der Waals surface area contributed by atoms with Gasteiger partial charge in [-0.3, -0.25) is 9.36 Å². The van der Waals surface area contributed by atoms with Crippen LogP contribution in [0.3, 0.4) is 0 Å². The molecule has 32 heavy (non-hydrogen) atoms. The minimum atomic E-state index is -3.71. The number of halogens is 2. The molecule has 176 valence electrons. The quantitative estimate of drug-likeness (QED) is 0.163. The van der Waals surface area contributed by atoms with Crippen LogP contribution in [0.2, 0.25) is 0 Å². The molecule has 0 aliphatic carbocycles. The molecule has 11 heteroatoms. The number of quaternary nitrogens is 1. The zero-order chi connectivity index (χ0) is 23.2. The van der Waals surface area contributed by atoms with Crippen molar-refractivity contribution in [1.29, 1.82) is 0 Å². The normalized spacial score (nSPS) is 15.5. The van der Waals surface area contributed by atoms with E-state index in [-0.39, 0.29) is 41.7 Å². The zero-order valence-electron chi connectivity index (χ0n) is 17.4. The van der Waals surface area contributed by atoms with Crippen LogP contribution in [0, 0.1) is 9.49 Å². The van der Waals surface area contributed by atoms with Crippen LogP contribution in [0.15, 0.2) is 48.5 Å². The van der Waals surface area contributed by atoms with Gasteiger partial charge in [0.2, 0.25) is 5.91 Å². The van der Waals surface area contributed by atoms with Crippen LogP contribution in [-0.2, 0) is 27.0 Å². The molecule has 2 rings (SSSR count). The average Bonchev–Trinajstić information content (AvgIpc) is 2.70. The van der Waals surface area contributed by atoms with E-state index in [0.717, 1.165) is 5.56 Å². The van der Waals surface area contributed by atoms with Gasteiger partial charge in [0.25, 0.3) is 7.37 Å².